The summed E-state index contributed by atoms with van der Waals surface area (Å²) in [5.41, 5.74) is 0. The summed E-state index contributed by atoms with van der Waals surface area (Å²) in [4.78, 5) is 0. The third-order valence-corrected chi connectivity index (χ3v) is 3.30. The fraction of sp³-hybridized carbons (Fsp3) is 0.833. The molecular formula is C6H12N4O2S. The van der Waals surface area contributed by atoms with Crippen molar-refractivity contribution in [3.05, 3.63) is 0 Å². The second-order valence-corrected chi connectivity index (χ2v) is 4.39. The fourth-order valence-electron chi connectivity index (χ4n) is 1.10. The molecule has 0 atom stereocenters. The number of nitrogens with one attached hydrogen (secondary N) is 2. The molecule has 1 aliphatic rings. The minimum atomic E-state index is -3.42. The molecule has 0 bridgehead atoms. The molecule has 0 aromatic carbocycles. The van der Waals surface area contributed by atoms with Crippen LogP contribution in [0.4, 0.5) is 0 Å². The summed E-state index contributed by atoms with van der Waals surface area (Å²) in [7, 11) is -3.42. The molecule has 1 aliphatic heterocycles. The van der Waals surface area contributed by atoms with Gasteiger partial charge in [0.25, 0.3) is 10.2 Å². The number of nitrogens with zero attached hydrogens (tertiary/aromatic N) is 2. The van der Waals surface area contributed by atoms with E-state index in [-0.39, 0.29) is 6.54 Å². The first-order valence-electron chi connectivity index (χ1n) is 3.99. The monoisotopic (exact) mass is 204 g/mol. The van der Waals surface area contributed by atoms with Crippen LogP contribution in [0.5, 0.6) is 0 Å². The Kier molecular flexibility index (Phi) is 3.62. The van der Waals surface area contributed by atoms with Gasteiger partial charge in [0.15, 0.2) is 0 Å². The third-order valence-electron chi connectivity index (χ3n) is 1.75. The predicted octanol–water partition coefficient (Wildman–Crippen LogP) is -1.75. The molecular weight excluding hydrogens is 192 g/mol. The van der Waals surface area contributed by atoms with E-state index in [2.05, 4.69) is 10.0 Å². The van der Waals surface area contributed by atoms with Gasteiger partial charge in [-0.1, -0.05) is 0 Å². The van der Waals surface area contributed by atoms with Crippen LogP contribution in [0, 0.1) is 11.3 Å². The van der Waals surface area contributed by atoms with Crippen LogP contribution in [-0.2, 0) is 10.2 Å². The van der Waals surface area contributed by atoms with E-state index in [1.54, 1.807) is 6.07 Å². The van der Waals surface area contributed by atoms with Crippen LogP contribution in [0.15, 0.2) is 0 Å². The van der Waals surface area contributed by atoms with Gasteiger partial charge < -0.3 is 5.32 Å². The molecule has 0 aliphatic carbocycles. The molecule has 6 nitrogen and oxygen atoms in total. The molecule has 1 heterocycles. The number of nitriles is 1. The minimum absolute atomic E-state index is 0.174. The van der Waals surface area contributed by atoms with Crippen molar-refractivity contribution in [1.29, 1.82) is 5.26 Å². The minimum Gasteiger partial charge on any atom is -0.314 e. The molecule has 1 fully saturated rings. The standard InChI is InChI=1S/C6H12N4O2S/c7-1-2-9-13(11,12)10-5-3-8-4-6-10/h8-9H,2-6H2. The van der Waals surface area contributed by atoms with Crippen molar-refractivity contribution in [2.75, 3.05) is 32.7 Å². The van der Waals surface area contributed by atoms with E-state index >= 15 is 0 Å². The van der Waals surface area contributed by atoms with Crippen molar-refractivity contribution >= 4 is 10.2 Å². The van der Waals surface area contributed by atoms with E-state index in [9.17, 15) is 8.42 Å². The van der Waals surface area contributed by atoms with Crippen LogP contribution in [0.25, 0.3) is 0 Å². The Morgan fingerprint density at radius 2 is 2.08 bits per heavy atom. The van der Waals surface area contributed by atoms with Gasteiger partial charge >= 0.3 is 0 Å². The zero-order chi connectivity index (χ0) is 9.73. The van der Waals surface area contributed by atoms with Gasteiger partial charge in [0.1, 0.15) is 0 Å². The van der Waals surface area contributed by atoms with E-state index in [1.165, 1.54) is 4.31 Å². The molecule has 0 saturated carbocycles. The summed E-state index contributed by atoms with van der Waals surface area (Å²) in [5.74, 6) is 0. The second-order valence-electron chi connectivity index (χ2n) is 2.63. The lowest BCUT2D eigenvalue weighted by Gasteiger charge is -2.26. The molecule has 1 saturated heterocycles. The first kappa shape index (κ1) is 10.4. The Bertz CT molecular complexity index is 288. The highest BCUT2D eigenvalue weighted by Gasteiger charge is 2.22. The average Bonchev–Trinajstić information content (AvgIpc) is 2.16. The van der Waals surface area contributed by atoms with Crippen LogP contribution in [0.1, 0.15) is 0 Å². The van der Waals surface area contributed by atoms with Crippen molar-refractivity contribution < 1.29 is 8.42 Å². The molecule has 0 aromatic rings. The fourth-order valence-corrected chi connectivity index (χ4v) is 2.19. The quantitative estimate of drug-likeness (QED) is 0.534. The zero-order valence-electron chi connectivity index (χ0n) is 7.15. The molecule has 0 amide bonds. The number of piperazine rings is 1. The molecule has 0 spiro atoms. The summed E-state index contributed by atoms with van der Waals surface area (Å²) >= 11 is 0. The number of hydrogen-bond donors (Lipinski definition) is 2. The van der Waals surface area contributed by atoms with Gasteiger partial charge in [0, 0.05) is 26.2 Å². The Labute approximate surface area is 77.7 Å². The summed E-state index contributed by atoms with van der Waals surface area (Å²) in [6.07, 6.45) is 0. The van der Waals surface area contributed by atoms with Gasteiger partial charge in [-0.25, -0.2) is 0 Å². The normalized spacial score (nSPS) is 19.6. The van der Waals surface area contributed by atoms with Crippen LogP contribution < -0.4 is 10.0 Å². The van der Waals surface area contributed by atoms with Gasteiger partial charge in [0.2, 0.25) is 0 Å². The number of hydrogen-bond acceptors (Lipinski definition) is 4. The zero-order valence-corrected chi connectivity index (χ0v) is 7.97. The van der Waals surface area contributed by atoms with Crippen LogP contribution in [0.2, 0.25) is 0 Å². The molecule has 0 unspecified atom stereocenters. The molecule has 2 N–H and O–H groups in total. The van der Waals surface area contributed by atoms with E-state index in [1.807, 2.05) is 0 Å². The molecule has 0 aromatic heterocycles. The average molecular weight is 204 g/mol. The van der Waals surface area contributed by atoms with Gasteiger partial charge in [-0.15, -0.1) is 0 Å². The third kappa shape index (κ3) is 2.93. The first-order valence-corrected chi connectivity index (χ1v) is 5.43. The Morgan fingerprint density at radius 3 is 2.62 bits per heavy atom. The maximum atomic E-state index is 11.4. The summed E-state index contributed by atoms with van der Waals surface area (Å²) in [6.45, 7) is 2.06. The van der Waals surface area contributed by atoms with Crippen molar-refractivity contribution in [1.82, 2.24) is 14.3 Å². The van der Waals surface area contributed by atoms with E-state index < -0.39 is 10.2 Å². The summed E-state index contributed by atoms with van der Waals surface area (Å²) < 4.78 is 26.3. The van der Waals surface area contributed by atoms with E-state index in [0.717, 1.165) is 0 Å². The van der Waals surface area contributed by atoms with Crippen molar-refractivity contribution in [3.63, 3.8) is 0 Å². The molecule has 13 heavy (non-hydrogen) atoms. The van der Waals surface area contributed by atoms with Gasteiger partial charge in [-0.2, -0.15) is 22.7 Å². The maximum absolute atomic E-state index is 11.4. The van der Waals surface area contributed by atoms with E-state index in [4.69, 9.17) is 5.26 Å². The highest BCUT2D eigenvalue weighted by atomic mass is 32.2. The predicted molar refractivity (Wildman–Crippen MR) is 47.0 cm³/mol. The van der Waals surface area contributed by atoms with Crippen molar-refractivity contribution in [3.8, 4) is 6.07 Å². The van der Waals surface area contributed by atoms with Gasteiger partial charge in [-0.05, 0) is 0 Å². The summed E-state index contributed by atoms with van der Waals surface area (Å²) in [5, 5.41) is 11.3. The topological polar surface area (TPSA) is 85.2 Å². The van der Waals surface area contributed by atoms with Crippen LogP contribution in [-0.4, -0.2) is 45.4 Å². The lowest BCUT2D eigenvalue weighted by Crippen LogP contribution is -2.50. The van der Waals surface area contributed by atoms with Crippen LogP contribution in [0.3, 0.4) is 0 Å². The van der Waals surface area contributed by atoms with Crippen LogP contribution >= 0.6 is 0 Å². The van der Waals surface area contributed by atoms with E-state index in [0.29, 0.717) is 26.2 Å². The Balaban J connectivity index is 2.53. The second kappa shape index (κ2) is 4.53. The highest BCUT2D eigenvalue weighted by Crippen LogP contribution is 1.98. The lowest BCUT2D eigenvalue weighted by atomic mass is 10.4. The largest absolute Gasteiger partial charge is 0.314 e. The lowest BCUT2D eigenvalue weighted by molar-refractivity contribution is 0.356. The van der Waals surface area contributed by atoms with Gasteiger partial charge in [0.05, 0.1) is 12.6 Å². The molecule has 1 rings (SSSR count). The first-order chi connectivity index (χ1) is 6.17. The highest BCUT2D eigenvalue weighted by molar-refractivity contribution is 7.87. The molecule has 74 valence electrons. The van der Waals surface area contributed by atoms with Gasteiger partial charge in [-0.3, -0.25) is 0 Å². The number of rotatable bonds is 3. The Hall–Kier alpha value is -0.680. The maximum Gasteiger partial charge on any atom is 0.280 e. The van der Waals surface area contributed by atoms with Crippen molar-refractivity contribution in [2.45, 2.75) is 0 Å². The van der Waals surface area contributed by atoms with Crippen molar-refractivity contribution in [2.24, 2.45) is 0 Å². The Morgan fingerprint density at radius 1 is 1.46 bits per heavy atom. The molecule has 7 heteroatoms. The summed E-state index contributed by atoms with van der Waals surface area (Å²) in [6, 6.07) is 1.73. The SMILES string of the molecule is N#CCNS(=O)(=O)N1CCNCC1. The molecule has 0 radical (unpaired) electrons. The smallest absolute Gasteiger partial charge is 0.280 e.